The molecule has 1 nitrogen and oxygen atoms in total. The predicted molar refractivity (Wildman–Crippen MR) is 79.7 cm³/mol. The van der Waals surface area contributed by atoms with Crippen molar-refractivity contribution >= 4 is 34.5 Å². The van der Waals surface area contributed by atoms with Crippen LogP contribution in [-0.2, 0) is 0 Å². The fraction of sp³-hybridized carbons (Fsp3) is 0.714. The van der Waals surface area contributed by atoms with E-state index in [2.05, 4.69) is 18.3 Å². The van der Waals surface area contributed by atoms with Gasteiger partial charge in [0.25, 0.3) is 0 Å². The van der Waals surface area contributed by atoms with E-state index in [-0.39, 0.29) is 0 Å². The van der Waals surface area contributed by atoms with Crippen molar-refractivity contribution in [1.82, 2.24) is 5.32 Å². The normalized spacial score (nSPS) is 31.4. The number of hydrogen-bond donors (Lipinski definition) is 1. The Labute approximate surface area is 123 Å². The minimum Gasteiger partial charge on any atom is -0.310 e. The van der Waals surface area contributed by atoms with Gasteiger partial charge in [0.2, 0.25) is 0 Å². The second kappa shape index (κ2) is 5.32. The quantitative estimate of drug-likeness (QED) is 0.794. The maximum atomic E-state index is 6.34. The summed E-state index contributed by atoms with van der Waals surface area (Å²) in [5.41, 5.74) is 1.23. The van der Waals surface area contributed by atoms with Crippen LogP contribution in [-0.4, -0.2) is 6.54 Å². The first-order valence-electron chi connectivity index (χ1n) is 6.87. The van der Waals surface area contributed by atoms with E-state index in [1.807, 2.05) is 0 Å². The Morgan fingerprint density at radius 2 is 2.06 bits per heavy atom. The molecule has 18 heavy (non-hydrogen) atoms. The topological polar surface area (TPSA) is 12.0 Å². The van der Waals surface area contributed by atoms with Gasteiger partial charge in [-0.15, -0.1) is 11.3 Å². The lowest BCUT2D eigenvalue weighted by Gasteiger charge is -2.26. The molecule has 2 fully saturated rings. The van der Waals surface area contributed by atoms with Crippen LogP contribution in [0.25, 0.3) is 0 Å². The SMILES string of the molecule is CCCNC(c1cc(Cl)sc1Cl)C1CC2CC2C1. The van der Waals surface area contributed by atoms with E-state index >= 15 is 0 Å². The zero-order valence-electron chi connectivity index (χ0n) is 10.6. The number of rotatable bonds is 5. The van der Waals surface area contributed by atoms with Crippen LogP contribution >= 0.6 is 34.5 Å². The molecule has 0 aliphatic heterocycles. The van der Waals surface area contributed by atoms with Gasteiger partial charge < -0.3 is 5.32 Å². The summed E-state index contributed by atoms with van der Waals surface area (Å²) in [7, 11) is 0. The van der Waals surface area contributed by atoms with Crippen LogP contribution in [0.5, 0.6) is 0 Å². The molecule has 2 aliphatic carbocycles. The molecule has 0 aromatic carbocycles. The smallest absolute Gasteiger partial charge is 0.0992 e. The van der Waals surface area contributed by atoms with Crippen molar-refractivity contribution in [2.75, 3.05) is 6.54 Å². The van der Waals surface area contributed by atoms with Crippen LogP contribution in [0.3, 0.4) is 0 Å². The number of hydrogen-bond acceptors (Lipinski definition) is 2. The van der Waals surface area contributed by atoms with Crippen molar-refractivity contribution in [2.24, 2.45) is 17.8 Å². The maximum absolute atomic E-state index is 6.34. The Hall–Kier alpha value is 0.240. The van der Waals surface area contributed by atoms with Gasteiger partial charge in [0.05, 0.1) is 8.67 Å². The summed E-state index contributed by atoms with van der Waals surface area (Å²) in [6, 6.07) is 2.47. The van der Waals surface area contributed by atoms with Gasteiger partial charge >= 0.3 is 0 Å². The Bertz CT molecular complexity index is 421. The second-order valence-electron chi connectivity index (χ2n) is 5.70. The number of thiophene rings is 1. The van der Waals surface area contributed by atoms with Gasteiger partial charge in [-0.25, -0.2) is 0 Å². The van der Waals surface area contributed by atoms with Crippen LogP contribution in [0.15, 0.2) is 6.07 Å². The van der Waals surface area contributed by atoms with Gasteiger partial charge in [-0.1, -0.05) is 30.1 Å². The predicted octanol–water partition coefficient (Wildman–Crippen LogP) is 5.14. The van der Waals surface area contributed by atoms with E-state index in [4.69, 9.17) is 23.2 Å². The maximum Gasteiger partial charge on any atom is 0.0992 e. The molecule has 0 spiro atoms. The highest BCUT2D eigenvalue weighted by atomic mass is 35.5. The first-order valence-corrected chi connectivity index (χ1v) is 8.44. The lowest BCUT2D eigenvalue weighted by atomic mass is 9.90. The number of nitrogens with one attached hydrogen (secondary N) is 1. The van der Waals surface area contributed by atoms with Gasteiger partial charge in [0, 0.05) is 11.6 Å². The van der Waals surface area contributed by atoms with Crippen LogP contribution in [0, 0.1) is 17.8 Å². The molecule has 0 saturated heterocycles. The van der Waals surface area contributed by atoms with E-state index < -0.39 is 0 Å². The summed E-state index contributed by atoms with van der Waals surface area (Å²) >= 11 is 13.9. The van der Waals surface area contributed by atoms with Crippen molar-refractivity contribution < 1.29 is 0 Å². The van der Waals surface area contributed by atoms with Gasteiger partial charge in [-0.2, -0.15) is 0 Å². The van der Waals surface area contributed by atoms with Crippen molar-refractivity contribution in [3.8, 4) is 0 Å². The standard InChI is InChI=1S/C14H19Cl2NS/c1-2-3-17-13(10-5-8-4-9(8)6-10)11-7-12(15)18-14(11)16/h7-10,13,17H,2-6H2,1H3. The average molecular weight is 304 g/mol. The third-order valence-electron chi connectivity index (χ3n) is 4.38. The summed E-state index contributed by atoms with van der Waals surface area (Å²) < 4.78 is 1.68. The Balaban J connectivity index is 1.78. The van der Waals surface area contributed by atoms with Crippen LogP contribution in [0.2, 0.25) is 8.67 Å². The molecular weight excluding hydrogens is 285 g/mol. The minimum atomic E-state index is 0.411. The Morgan fingerprint density at radius 1 is 1.33 bits per heavy atom. The van der Waals surface area contributed by atoms with E-state index in [1.54, 1.807) is 0 Å². The second-order valence-corrected chi connectivity index (χ2v) is 7.98. The van der Waals surface area contributed by atoms with Crippen LogP contribution in [0.4, 0.5) is 0 Å². The Kier molecular flexibility index (Phi) is 3.91. The largest absolute Gasteiger partial charge is 0.310 e. The van der Waals surface area contributed by atoms with E-state index in [9.17, 15) is 0 Å². The fourth-order valence-electron chi connectivity index (χ4n) is 3.43. The highest BCUT2D eigenvalue weighted by Crippen LogP contribution is 2.57. The molecule has 1 aromatic rings. The summed E-state index contributed by atoms with van der Waals surface area (Å²) in [5.74, 6) is 2.77. The van der Waals surface area contributed by atoms with Gasteiger partial charge in [-0.05, 0) is 56.0 Å². The molecule has 1 heterocycles. The molecular formula is C14H19Cl2NS. The van der Waals surface area contributed by atoms with Crippen molar-refractivity contribution in [3.63, 3.8) is 0 Å². The molecule has 2 aliphatic rings. The van der Waals surface area contributed by atoms with Crippen molar-refractivity contribution in [3.05, 3.63) is 20.3 Å². The zero-order valence-corrected chi connectivity index (χ0v) is 12.9. The molecule has 2 saturated carbocycles. The van der Waals surface area contributed by atoms with Gasteiger partial charge in [-0.3, -0.25) is 0 Å². The highest BCUT2D eigenvalue weighted by molar-refractivity contribution is 7.20. The molecule has 1 aromatic heterocycles. The lowest BCUT2D eigenvalue weighted by Crippen LogP contribution is -2.28. The summed E-state index contributed by atoms with van der Waals surface area (Å²) in [6.45, 7) is 3.26. The molecule has 4 heteroatoms. The first kappa shape index (κ1) is 13.2. The average Bonchev–Trinajstić information content (AvgIpc) is 2.79. The van der Waals surface area contributed by atoms with E-state index in [0.717, 1.165) is 39.4 Å². The minimum absolute atomic E-state index is 0.411. The third kappa shape index (κ3) is 2.58. The number of fused-ring (bicyclic) bond motifs is 1. The first-order chi connectivity index (χ1) is 8.69. The summed E-state index contributed by atoms with van der Waals surface area (Å²) in [5, 5.41) is 3.69. The highest BCUT2D eigenvalue weighted by Gasteiger charge is 2.48. The molecule has 3 unspecified atom stereocenters. The van der Waals surface area contributed by atoms with Crippen molar-refractivity contribution in [2.45, 2.75) is 38.6 Å². The zero-order chi connectivity index (χ0) is 12.7. The van der Waals surface area contributed by atoms with Gasteiger partial charge in [0.15, 0.2) is 0 Å². The van der Waals surface area contributed by atoms with Crippen LogP contribution in [0.1, 0.15) is 44.2 Å². The summed E-state index contributed by atoms with van der Waals surface area (Å²) in [4.78, 5) is 0. The molecule has 3 rings (SSSR count). The molecule has 0 radical (unpaired) electrons. The Morgan fingerprint density at radius 3 is 2.61 bits per heavy atom. The fourth-order valence-corrected chi connectivity index (χ4v) is 4.98. The molecule has 0 amide bonds. The molecule has 100 valence electrons. The molecule has 0 bridgehead atoms. The number of halogens is 2. The monoisotopic (exact) mass is 303 g/mol. The van der Waals surface area contributed by atoms with E-state index in [0.29, 0.717) is 6.04 Å². The molecule has 3 atom stereocenters. The van der Waals surface area contributed by atoms with Gasteiger partial charge in [0.1, 0.15) is 0 Å². The van der Waals surface area contributed by atoms with Crippen LogP contribution < -0.4 is 5.32 Å². The van der Waals surface area contributed by atoms with Crippen molar-refractivity contribution in [1.29, 1.82) is 0 Å². The summed E-state index contributed by atoms with van der Waals surface area (Å²) in [6.07, 6.45) is 5.37. The lowest BCUT2D eigenvalue weighted by molar-refractivity contribution is 0.342. The molecule has 1 N–H and O–H groups in total. The van der Waals surface area contributed by atoms with E-state index in [1.165, 1.54) is 36.2 Å². The third-order valence-corrected chi connectivity index (χ3v) is 5.90.